The molecule has 0 spiro atoms. The van der Waals surface area contributed by atoms with Crippen LogP contribution >= 0.6 is 0 Å². The topological polar surface area (TPSA) is 88.1 Å². The second-order valence-corrected chi connectivity index (χ2v) is 6.46. The van der Waals surface area contributed by atoms with Crippen molar-refractivity contribution in [2.75, 3.05) is 31.6 Å². The molecule has 2 aliphatic heterocycles. The number of benzene rings is 1. The lowest BCUT2D eigenvalue weighted by atomic mass is 9.85. The fraction of sp³-hybridized carbons (Fsp3) is 0.474. The van der Waals surface area contributed by atoms with Gasteiger partial charge in [-0.15, -0.1) is 0 Å². The Kier molecular flexibility index (Phi) is 5.78. The SMILES string of the molecule is CCOC(=O)C1=C(O)C2CCCN(C2)C1COC(=O)Nc1ccccc1. The molecule has 3 rings (SSSR count). The highest BCUT2D eigenvalue weighted by Gasteiger charge is 2.41. The number of esters is 1. The fourth-order valence-electron chi connectivity index (χ4n) is 3.55. The standard InChI is InChI=1S/C19H24N2O5/c1-2-25-18(23)16-15(21-10-6-7-13(11-21)17(16)22)12-26-19(24)20-14-8-4-3-5-9-14/h3-5,8-9,13,15,22H,2,6-7,10-12H2,1H3,(H,20,24). The van der Waals surface area contributed by atoms with Crippen LogP contribution in [0.2, 0.25) is 0 Å². The number of amides is 1. The highest BCUT2D eigenvalue weighted by Crippen LogP contribution is 2.34. The molecule has 3 unspecified atom stereocenters. The van der Waals surface area contributed by atoms with Gasteiger partial charge in [0, 0.05) is 18.2 Å². The van der Waals surface area contributed by atoms with Crippen molar-refractivity contribution in [1.29, 1.82) is 0 Å². The molecule has 2 heterocycles. The summed E-state index contributed by atoms with van der Waals surface area (Å²) in [5.74, 6) is -0.521. The summed E-state index contributed by atoms with van der Waals surface area (Å²) in [5, 5.41) is 13.2. The van der Waals surface area contributed by atoms with Gasteiger partial charge in [0.1, 0.15) is 12.4 Å². The number of anilines is 1. The van der Waals surface area contributed by atoms with Gasteiger partial charge >= 0.3 is 12.1 Å². The Morgan fingerprint density at radius 2 is 2.04 bits per heavy atom. The molecular weight excluding hydrogens is 336 g/mol. The molecule has 26 heavy (non-hydrogen) atoms. The minimum Gasteiger partial charge on any atom is -0.511 e. The van der Waals surface area contributed by atoms with E-state index in [1.54, 1.807) is 19.1 Å². The zero-order chi connectivity index (χ0) is 18.5. The van der Waals surface area contributed by atoms with Crippen molar-refractivity contribution in [2.45, 2.75) is 25.8 Å². The number of piperidine rings is 1. The summed E-state index contributed by atoms with van der Waals surface area (Å²) < 4.78 is 10.4. The van der Waals surface area contributed by atoms with E-state index >= 15 is 0 Å². The maximum absolute atomic E-state index is 12.4. The molecule has 7 heteroatoms. The summed E-state index contributed by atoms with van der Waals surface area (Å²) in [6, 6.07) is 8.49. The highest BCUT2D eigenvalue weighted by molar-refractivity contribution is 5.91. The molecule has 7 nitrogen and oxygen atoms in total. The lowest BCUT2D eigenvalue weighted by Crippen LogP contribution is -2.52. The number of nitrogens with one attached hydrogen (secondary N) is 1. The van der Waals surface area contributed by atoms with Crippen LogP contribution in [0, 0.1) is 5.92 Å². The first-order valence-electron chi connectivity index (χ1n) is 8.93. The third kappa shape index (κ3) is 3.99. The van der Waals surface area contributed by atoms with E-state index < -0.39 is 18.1 Å². The molecule has 0 aliphatic carbocycles. The molecule has 0 radical (unpaired) electrons. The lowest BCUT2D eigenvalue weighted by Gasteiger charge is -2.43. The van der Waals surface area contributed by atoms with Crippen LogP contribution in [-0.4, -0.2) is 54.4 Å². The summed E-state index contributed by atoms with van der Waals surface area (Å²) in [6.07, 6.45) is 1.17. The molecule has 0 aromatic heterocycles. The molecular formula is C19H24N2O5. The average Bonchev–Trinajstić information content (AvgIpc) is 2.65. The number of carbonyl (C=O) groups excluding carboxylic acids is 2. The maximum atomic E-state index is 12.4. The first-order valence-corrected chi connectivity index (χ1v) is 8.93. The van der Waals surface area contributed by atoms with Crippen LogP contribution in [0.3, 0.4) is 0 Å². The minimum absolute atomic E-state index is 0.0242. The van der Waals surface area contributed by atoms with Gasteiger partial charge in [0.25, 0.3) is 0 Å². The van der Waals surface area contributed by atoms with E-state index in [1.807, 2.05) is 18.2 Å². The number of aliphatic hydroxyl groups excluding tert-OH is 1. The molecule has 1 saturated heterocycles. The van der Waals surface area contributed by atoms with Crippen LogP contribution in [0.1, 0.15) is 19.8 Å². The van der Waals surface area contributed by atoms with E-state index in [1.165, 1.54) is 0 Å². The largest absolute Gasteiger partial charge is 0.511 e. The zero-order valence-electron chi connectivity index (χ0n) is 14.8. The summed E-state index contributed by atoms with van der Waals surface area (Å²) >= 11 is 0. The van der Waals surface area contributed by atoms with Crippen molar-refractivity contribution in [3.8, 4) is 0 Å². The molecule has 2 N–H and O–H groups in total. The monoisotopic (exact) mass is 360 g/mol. The number of para-hydroxylation sites is 1. The molecule has 3 atom stereocenters. The van der Waals surface area contributed by atoms with E-state index in [4.69, 9.17) is 9.47 Å². The molecule has 2 bridgehead atoms. The van der Waals surface area contributed by atoms with E-state index in [0.717, 1.165) is 19.4 Å². The number of carbonyl (C=O) groups is 2. The smallest absolute Gasteiger partial charge is 0.411 e. The number of ether oxygens (including phenoxy) is 2. The van der Waals surface area contributed by atoms with E-state index in [0.29, 0.717) is 12.2 Å². The van der Waals surface area contributed by atoms with E-state index in [-0.39, 0.29) is 30.5 Å². The number of hydrogen-bond acceptors (Lipinski definition) is 6. The van der Waals surface area contributed by atoms with Crippen molar-refractivity contribution in [3.63, 3.8) is 0 Å². The van der Waals surface area contributed by atoms with Crippen molar-refractivity contribution in [2.24, 2.45) is 5.92 Å². The van der Waals surface area contributed by atoms with Gasteiger partial charge in [0.15, 0.2) is 0 Å². The second kappa shape index (κ2) is 8.23. The normalized spacial score (nSPS) is 24.7. The molecule has 0 saturated carbocycles. The Bertz CT molecular complexity index is 688. The molecule has 1 fully saturated rings. The summed E-state index contributed by atoms with van der Waals surface area (Å²) in [7, 11) is 0. The Balaban J connectivity index is 1.71. The van der Waals surface area contributed by atoms with Gasteiger partial charge in [-0.1, -0.05) is 18.2 Å². The van der Waals surface area contributed by atoms with Crippen LogP contribution in [0.4, 0.5) is 10.5 Å². The predicted molar refractivity (Wildman–Crippen MR) is 95.8 cm³/mol. The number of fused-ring (bicyclic) bond motifs is 2. The summed E-state index contributed by atoms with van der Waals surface area (Å²) in [4.78, 5) is 26.5. The molecule has 1 aromatic rings. The van der Waals surface area contributed by atoms with Gasteiger partial charge in [0.2, 0.25) is 0 Å². The van der Waals surface area contributed by atoms with Gasteiger partial charge in [-0.05, 0) is 38.4 Å². The van der Waals surface area contributed by atoms with E-state index in [2.05, 4.69) is 10.2 Å². The van der Waals surface area contributed by atoms with Gasteiger partial charge in [0.05, 0.1) is 18.2 Å². The highest BCUT2D eigenvalue weighted by atomic mass is 16.6. The summed E-state index contributed by atoms with van der Waals surface area (Å²) in [5.41, 5.74) is 0.846. The molecule has 140 valence electrons. The van der Waals surface area contributed by atoms with Gasteiger partial charge in [-0.2, -0.15) is 0 Å². The van der Waals surface area contributed by atoms with Gasteiger partial charge in [-0.25, -0.2) is 9.59 Å². The van der Waals surface area contributed by atoms with Crippen LogP contribution in [-0.2, 0) is 14.3 Å². The second-order valence-electron chi connectivity index (χ2n) is 6.46. The Labute approximate surface area is 152 Å². The number of rotatable bonds is 5. The van der Waals surface area contributed by atoms with Crippen LogP contribution in [0.5, 0.6) is 0 Å². The lowest BCUT2D eigenvalue weighted by molar-refractivity contribution is -0.140. The number of nitrogens with zero attached hydrogens (tertiary/aromatic N) is 1. The van der Waals surface area contributed by atoms with Gasteiger partial charge in [-0.3, -0.25) is 10.2 Å². The third-order valence-electron chi connectivity index (χ3n) is 4.78. The minimum atomic E-state index is -0.599. The maximum Gasteiger partial charge on any atom is 0.411 e. The Morgan fingerprint density at radius 1 is 1.27 bits per heavy atom. The van der Waals surface area contributed by atoms with Gasteiger partial charge < -0.3 is 14.6 Å². The quantitative estimate of drug-likeness (QED) is 0.785. The van der Waals surface area contributed by atoms with Crippen LogP contribution in [0.25, 0.3) is 0 Å². The van der Waals surface area contributed by atoms with Crippen molar-refractivity contribution in [1.82, 2.24) is 4.90 Å². The fourth-order valence-corrected chi connectivity index (χ4v) is 3.55. The average molecular weight is 360 g/mol. The van der Waals surface area contributed by atoms with Crippen molar-refractivity contribution < 1.29 is 24.2 Å². The Hall–Kier alpha value is -2.54. The first-order chi connectivity index (χ1) is 12.6. The van der Waals surface area contributed by atoms with Crippen molar-refractivity contribution >= 4 is 17.7 Å². The van der Waals surface area contributed by atoms with Crippen molar-refractivity contribution in [3.05, 3.63) is 41.7 Å². The van der Waals surface area contributed by atoms with E-state index in [9.17, 15) is 14.7 Å². The molecule has 1 aromatic carbocycles. The third-order valence-corrected chi connectivity index (χ3v) is 4.78. The van der Waals surface area contributed by atoms with Crippen LogP contribution < -0.4 is 5.32 Å². The van der Waals surface area contributed by atoms with Crippen LogP contribution in [0.15, 0.2) is 41.7 Å². The predicted octanol–water partition coefficient (Wildman–Crippen LogP) is 2.70. The Morgan fingerprint density at radius 3 is 2.77 bits per heavy atom. The zero-order valence-corrected chi connectivity index (χ0v) is 14.8. The molecule has 2 aliphatic rings. The molecule has 1 amide bonds. The number of aliphatic hydroxyl groups is 1. The summed E-state index contributed by atoms with van der Waals surface area (Å²) in [6.45, 7) is 3.37. The number of hydrogen-bond donors (Lipinski definition) is 2. The first kappa shape index (κ1) is 18.3.